The number of nitrogen functional groups attached to an aromatic ring is 1. The fraction of sp³-hybridized carbons (Fsp3) is 0.143. The van der Waals surface area contributed by atoms with Crippen LogP contribution in [0.4, 0.5) is 5.69 Å². The molecule has 5 heteroatoms. The minimum atomic E-state index is -0.282. The van der Waals surface area contributed by atoms with Gasteiger partial charge in [-0.25, -0.2) is 0 Å². The van der Waals surface area contributed by atoms with E-state index in [1.165, 1.54) is 4.90 Å². The SMILES string of the molecule is CCN1C(=O)c2cccc3c(Br)c(N)cc(c23)C1=O. The lowest BCUT2D eigenvalue weighted by atomic mass is 9.93. The number of carbonyl (C=O) groups is 2. The Morgan fingerprint density at radius 3 is 2.58 bits per heavy atom. The van der Waals surface area contributed by atoms with Crippen molar-refractivity contribution in [1.29, 1.82) is 0 Å². The molecule has 19 heavy (non-hydrogen) atoms. The van der Waals surface area contributed by atoms with Gasteiger partial charge in [-0.1, -0.05) is 12.1 Å². The van der Waals surface area contributed by atoms with Crippen molar-refractivity contribution >= 4 is 44.2 Å². The summed E-state index contributed by atoms with van der Waals surface area (Å²) in [5.41, 5.74) is 7.46. The Hall–Kier alpha value is -1.88. The highest BCUT2D eigenvalue weighted by Crippen LogP contribution is 2.37. The number of carbonyl (C=O) groups excluding carboxylic acids is 2. The molecule has 0 radical (unpaired) electrons. The largest absolute Gasteiger partial charge is 0.398 e. The van der Waals surface area contributed by atoms with E-state index in [9.17, 15) is 9.59 Å². The minimum absolute atomic E-state index is 0.248. The quantitative estimate of drug-likeness (QED) is 0.649. The number of hydrogen-bond donors (Lipinski definition) is 1. The fourth-order valence-corrected chi connectivity index (χ4v) is 2.93. The van der Waals surface area contributed by atoms with Crippen LogP contribution in [0.3, 0.4) is 0 Å². The summed E-state index contributed by atoms with van der Waals surface area (Å²) in [4.78, 5) is 25.9. The highest BCUT2D eigenvalue weighted by Gasteiger charge is 2.32. The van der Waals surface area contributed by atoms with Crippen LogP contribution in [0.1, 0.15) is 27.6 Å². The molecule has 0 spiro atoms. The summed E-state index contributed by atoms with van der Waals surface area (Å²) in [6, 6.07) is 7.03. The molecule has 96 valence electrons. The third-order valence-electron chi connectivity index (χ3n) is 3.39. The van der Waals surface area contributed by atoms with E-state index in [0.717, 1.165) is 9.86 Å². The molecule has 2 N–H and O–H groups in total. The van der Waals surface area contributed by atoms with Gasteiger partial charge in [0.05, 0.1) is 5.56 Å². The van der Waals surface area contributed by atoms with Gasteiger partial charge >= 0.3 is 0 Å². The second-order valence-electron chi connectivity index (χ2n) is 4.41. The first-order valence-corrected chi connectivity index (χ1v) is 6.72. The number of nitrogens with two attached hydrogens (primary N) is 1. The first-order valence-electron chi connectivity index (χ1n) is 5.93. The van der Waals surface area contributed by atoms with Crippen LogP contribution in [0.2, 0.25) is 0 Å². The van der Waals surface area contributed by atoms with E-state index in [-0.39, 0.29) is 11.8 Å². The van der Waals surface area contributed by atoms with Crippen molar-refractivity contribution in [3.63, 3.8) is 0 Å². The average molecular weight is 319 g/mol. The molecule has 2 aromatic carbocycles. The number of imide groups is 1. The summed E-state index contributed by atoms with van der Waals surface area (Å²) < 4.78 is 0.721. The Balaban J connectivity index is 2.49. The van der Waals surface area contributed by atoms with Crippen LogP contribution in [-0.2, 0) is 0 Å². The third kappa shape index (κ3) is 1.51. The van der Waals surface area contributed by atoms with Crippen molar-refractivity contribution in [2.75, 3.05) is 12.3 Å². The summed E-state index contributed by atoms with van der Waals surface area (Å²) in [7, 11) is 0. The lowest BCUT2D eigenvalue weighted by Crippen LogP contribution is -2.40. The molecule has 1 aliphatic rings. The van der Waals surface area contributed by atoms with E-state index in [2.05, 4.69) is 15.9 Å². The van der Waals surface area contributed by atoms with Crippen LogP contribution in [-0.4, -0.2) is 23.3 Å². The zero-order valence-electron chi connectivity index (χ0n) is 10.2. The van der Waals surface area contributed by atoms with Crippen molar-refractivity contribution in [3.05, 3.63) is 39.9 Å². The topological polar surface area (TPSA) is 63.4 Å². The molecular formula is C14H11BrN2O2. The lowest BCUT2D eigenvalue weighted by molar-refractivity contribution is 0.0619. The summed E-state index contributed by atoms with van der Waals surface area (Å²) in [6.07, 6.45) is 0. The maximum absolute atomic E-state index is 12.3. The van der Waals surface area contributed by atoms with E-state index in [4.69, 9.17) is 5.73 Å². The normalized spacial score (nSPS) is 14.3. The number of anilines is 1. The highest BCUT2D eigenvalue weighted by molar-refractivity contribution is 9.10. The summed E-state index contributed by atoms with van der Waals surface area (Å²) in [5, 5.41) is 1.48. The van der Waals surface area contributed by atoms with Crippen molar-refractivity contribution in [1.82, 2.24) is 4.90 Å². The predicted molar refractivity (Wildman–Crippen MR) is 77.1 cm³/mol. The summed E-state index contributed by atoms with van der Waals surface area (Å²) in [6.45, 7) is 2.13. The second-order valence-corrected chi connectivity index (χ2v) is 5.20. The first kappa shape index (κ1) is 12.2. The molecule has 0 aromatic heterocycles. The fourth-order valence-electron chi connectivity index (χ4n) is 2.49. The van der Waals surface area contributed by atoms with Crippen molar-refractivity contribution in [2.24, 2.45) is 0 Å². The number of nitrogens with zero attached hydrogens (tertiary/aromatic N) is 1. The Morgan fingerprint density at radius 2 is 1.89 bits per heavy atom. The minimum Gasteiger partial charge on any atom is -0.398 e. The molecule has 1 aliphatic heterocycles. The molecule has 0 fully saturated rings. The van der Waals surface area contributed by atoms with Gasteiger partial charge in [0.15, 0.2) is 0 Å². The van der Waals surface area contributed by atoms with Gasteiger partial charge in [0.2, 0.25) is 0 Å². The lowest BCUT2D eigenvalue weighted by Gasteiger charge is -2.26. The first-order chi connectivity index (χ1) is 9.06. The van der Waals surface area contributed by atoms with Crippen LogP contribution in [0.5, 0.6) is 0 Å². The van der Waals surface area contributed by atoms with Crippen LogP contribution in [0.15, 0.2) is 28.7 Å². The zero-order chi connectivity index (χ0) is 13.7. The molecule has 0 aliphatic carbocycles. The molecular weight excluding hydrogens is 308 g/mol. The van der Waals surface area contributed by atoms with Gasteiger partial charge in [-0.15, -0.1) is 0 Å². The molecule has 0 saturated heterocycles. The smallest absolute Gasteiger partial charge is 0.261 e. The van der Waals surface area contributed by atoms with E-state index in [0.29, 0.717) is 28.7 Å². The van der Waals surface area contributed by atoms with Crippen molar-refractivity contribution in [3.8, 4) is 0 Å². The Kier molecular flexibility index (Phi) is 2.60. The zero-order valence-corrected chi connectivity index (χ0v) is 11.8. The summed E-state index contributed by atoms with van der Waals surface area (Å²) in [5.74, 6) is -0.530. The number of hydrogen-bond acceptors (Lipinski definition) is 3. The molecule has 2 aromatic rings. The van der Waals surface area contributed by atoms with Gasteiger partial charge < -0.3 is 5.73 Å². The second kappa shape index (κ2) is 4.06. The molecule has 0 atom stereocenters. The Morgan fingerprint density at radius 1 is 1.21 bits per heavy atom. The van der Waals surface area contributed by atoms with Gasteiger partial charge in [-0.05, 0) is 40.4 Å². The number of rotatable bonds is 1. The van der Waals surface area contributed by atoms with Crippen LogP contribution < -0.4 is 5.73 Å². The van der Waals surface area contributed by atoms with E-state index >= 15 is 0 Å². The van der Waals surface area contributed by atoms with E-state index in [1.54, 1.807) is 25.1 Å². The predicted octanol–water partition coefficient (Wildman–Crippen LogP) is 2.80. The number of amides is 2. The summed E-state index contributed by atoms with van der Waals surface area (Å²) >= 11 is 3.41. The molecule has 2 amide bonds. The molecule has 0 unspecified atom stereocenters. The van der Waals surface area contributed by atoms with Gasteiger partial charge in [0, 0.05) is 27.7 Å². The molecule has 3 rings (SSSR count). The van der Waals surface area contributed by atoms with Crippen LogP contribution >= 0.6 is 15.9 Å². The standard InChI is InChI=1S/C14H11BrN2O2/c1-2-17-13(18)8-5-3-4-7-11(8)9(14(17)19)6-10(16)12(7)15/h3-6H,2,16H2,1H3. The van der Waals surface area contributed by atoms with Gasteiger partial charge in [-0.3, -0.25) is 14.5 Å². The monoisotopic (exact) mass is 318 g/mol. The van der Waals surface area contributed by atoms with E-state index < -0.39 is 0 Å². The molecule has 1 heterocycles. The number of benzene rings is 2. The van der Waals surface area contributed by atoms with Gasteiger partial charge in [0.25, 0.3) is 11.8 Å². The molecule has 4 nitrogen and oxygen atoms in total. The van der Waals surface area contributed by atoms with Crippen molar-refractivity contribution in [2.45, 2.75) is 6.92 Å². The number of halogens is 1. The van der Waals surface area contributed by atoms with Crippen molar-refractivity contribution < 1.29 is 9.59 Å². The van der Waals surface area contributed by atoms with E-state index in [1.807, 2.05) is 6.07 Å². The maximum atomic E-state index is 12.3. The maximum Gasteiger partial charge on any atom is 0.261 e. The Labute approximate surface area is 118 Å². The highest BCUT2D eigenvalue weighted by atomic mass is 79.9. The van der Waals surface area contributed by atoms with Gasteiger partial charge in [-0.2, -0.15) is 0 Å². The average Bonchev–Trinajstić information content (AvgIpc) is 2.41. The molecule has 0 bridgehead atoms. The van der Waals surface area contributed by atoms with Crippen LogP contribution in [0, 0.1) is 0 Å². The molecule has 0 saturated carbocycles. The third-order valence-corrected chi connectivity index (χ3v) is 4.28. The van der Waals surface area contributed by atoms with Crippen LogP contribution in [0.25, 0.3) is 10.8 Å². The Bertz CT molecular complexity index is 740. The van der Waals surface area contributed by atoms with Gasteiger partial charge in [0.1, 0.15) is 0 Å².